The van der Waals surface area contributed by atoms with Crippen molar-refractivity contribution < 1.29 is 13.2 Å². The summed E-state index contributed by atoms with van der Waals surface area (Å²) in [6, 6.07) is 11.2. The second-order valence-corrected chi connectivity index (χ2v) is 18.1. The molecule has 5 saturated carbocycles. The normalized spacial score (nSPS) is 33.9. The number of likely N-dealkylation sites (tertiary alicyclic amines) is 1. The Morgan fingerprint density at radius 1 is 1.00 bits per heavy atom. The van der Waals surface area contributed by atoms with Crippen molar-refractivity contribution in [2.24, 2.45) is 23.7 Å². The van der Waals surface area contributed by atoms with Crippen LogP contribution in [-0.4, -0.2) is 82.2 Å². The fourth-order valence-corrected chi connectivity index (χ4v) is 12.4. The molecule has 4 atom stereocenters. The van der Waals surface area contributed by atoms with Gasteiger partial charge in [-0.1, -0.05) is 18.2 Å². The highest BCUT2D eigenvalue weighted by Crippen LogP contribution is 2.61. The van der Waals surface area contributed by atoms with E-state index in [0.29, 0.717) is 35.8 Å². The van der Waals surface area contributed by atoms with E-state index in [2.05, 4.69) is 53.5 Å². The standard InChI is InChI=1S/C37H50N6O3S/c1-24(2)41(3)30-9-10-33(28(16-30)22-47(45,46)31-7-5-4-6-8-31)42-12-11-32(36(42)44)40-35-34-17-29(21-43(34)39-23-38-35)37-18-25-13-26(19-37)15-27(14-25)20-37/h4-8,17,21,23-28,30,32-33H,9-16,18-20,22H2,1-3H3,(H,38,39,40)/t25?,26?,27?,28-,30+,32-,33-,37?/m0/s1. The van der Waals surface area contributed by atoms with E-state index < -0.39 is 15.9 Å². The maximum absolute atomic E-state index is 14.1. The van der Waals surface area contributed by atoms with Crippen LogP contribution in [0.4, 0.5) is 5.82 Å². The number of hydrogen-bond acceptors (Lipinski definition) is 7. The van der Waals surface area contributed by atoms with Gasteiger partial charge in [-0.25, -0.2) is 17.9 Å². The lowest BCUT2D eigenvalue weighted by atomic mass is 9.48. The third-order valence-electron chi connectivity index (χ3n) is 12.8. The lowest BCUT2D eigenvalue weighted by molar-refractivity contribution is -0.132. The average Bonchev–Trinajstić information content (AvgIpc) is 3.65. The van der Waals surface area contributed by atoms with E-state index in [4.69, 9.17) is 0 Å². The molecule has 0 radical (unpaired) electrons. The Hall–Kier alpha value is -2.98. The molecule has 2 aromatic heterocycles. The molecule has 4 bridgehead atoms. The molecule has 47 heavy (non-hydrogen) atoms. The number of amides is 1. The number of carbonyl (C=O) groups excluding carboxylic acids is 1. The molecule has 3 aromatic rings. The van der Waals surface area contributed by atoms with Crippen LogP contribution in [0.1, 0.15) is 83.6 Å². The molecule has 6 fully saturated rings. The van der Waals surface area contributed by atoms with Gasteiger partial charge in [0.15, 0.2) is 15.7 Å². The van der Waals surface area contributed by atoms with Crippen LogP contribution in [0.3, 0.4) is 0 Å². The van der Waals surface area contributed by atoms with E-state index in [9.17, 15) is 13.2 Å². The first-order chi connectivity index (χ1) is 22.6. The molecule has 1 saturated heterocycles. The lowest BCUT2D eigenvalue weighted by Crippen LogP contribution is -2.52. The maximum atomic E-state index is 14.1. The summed E-state index contributed by atoms with van der Waals surface area (Å²) in [4.78, 5) is 23.5. The fourth-order valence-electron chi connectivity index (χ4n) is 10.7. The molecule has 0 spiro atoms. The van der Waals surface area contributed by atoms with Gasteiger partial charge in [-0.2, -0.15) is 5.10 Å². The quantitative estimate of drug-likeness (QED) is 0.321. The van der Waals surface area contributed by atoms with Crippen molar-refractivity contribution in [3.05, 3.63) is 54.5 Å². The van der Waals surface area contributed by atoms with Gasteiger partial charge in [-0.15, -0.1) is 0 Å². The van der Waals surface area contributed by atoms with E-state index in [1.165, 1.54) is 44.1 Å². The van der Waals surface area contributed by atoms with Crippen LogP contribution >= 0.6 is 0 Å². The minimum absolute atomic E-state index is 0.0514. The summed E-state index contributed by atoms with van der Waals surface area (Å²) in [5.74, 6) is 3.27. The van der Waals surface area contributed by atoms with E-state index in [1.807, 2.05) is 15.5 Å². The van der Waals surface area contributed by atoms with E-state index in [1.54, 1.807) is 30.6 Å². The van der Waals surface area contributed by atoms with Crippen molar-refractivity contribution in [3.8, 4) is 0 Å². The molecule has 5 aliphatic carbocycles. The Kier molecular flexibility index (Phi) is 7.90. The van der Waals surface area contributed by atoms with Crippen molar-refractivity contribution in [1.29, 1.82) is 0 Å². The van der Waals surface area contributed by atoms with Crippen LogP contribution < -0.4 is 5.32 Å². The minimum Gasteiger partial charge on any atom is -0.356 e. The highest BCUT2D eigenvalue weighted by molar-refractivity contribution is 7.91. The van der Waals surface area contributed by atoms with Crippen LogP contribution in [0.25, 0.3) is 5.52 Å². The van der Waals surface area contributed by atoms with Gasteiger partial charge in [-0.05, 0) is 138 Å². The van der Waals surface area contributed by atoms with Crippen LogP contribution in [0, 0.1) is 23.7 Å². The Morgan fingerprint density at radius 3 is 2.38 bits per heavy atom. The number of carbonyl (C=O) groups is 1. The minimum atomic E-state index is -3.50. The highest BCUT2D eigenvalue weighted by Gasteiger charge is 2.52. The monoisotopic (exact) mass is 658 g/mol. The Morgan fingerprint density at radius 2 is 1.70 bits per heavy atom. The van der Waals surface area contributed by atoms with Gasteiger partial charge in [0.2, 0.25) is 5.91 Å². The zero-order chi connectivity index (χ0) is 32.5. The second-order valence-electron chi connectivity index (χ2n) is 16.0. The van der Waals surface area contributed by atoms with Crippen molar-refractivity contribution >= 4 is 27.1 Å². The smallest absolute Gasteiger partial charge is 0.245 e. The number of nitrogens with one attached hydrogen (secondary N) is 1. The average molecular weight is 659 g/mol. The fraction of sp³-hybridized carbons (Fsp3) is 0.649. The molecule has 10 heteroatoms. The number of aromatic nitrogens is 3. The van der Waals surface area contributed by atoms with Gasteiger partial charge >= 0.3 is 0 Å². The van der Waals surface area contributed by atoms with Gasteiger partial charge in [0.05, 0.1) is 10.6 Å². The molecular weight excluding hydrogens is 609 g/mol. The molecule has 1 aromatic carbocycles. The summed E-state index contributed by atoms with van der Waals surface area (Å²) in [6.07, 6.45) is 15.1. The number of nitrogens with zero attached hydrogens (tertiary/aromatic N) is 5. The summed E-state index contributed by atoms with van der Waals surface area (Å²) < 4.78 is 29.2. The number of anilines is 1. The predicted octanol–water partition coefficient (Wildman–Crippen LogP) is 5.56. The zero-order valence-electron chi connectivity index (χ0n) is 28.1. The Labute approximate surface area is 279 Å². The third kappa shape index (κ3) is 5.67. The first-order valence-corrected chi connectivity index (χ1v) is 19.6. The zero-order valence-corrected chi connectivity index (χ0v) is 28.9. The first kappa shape index (κ1) is 31.3. The number of benzene rings is 1. The molecule has 3 heterocycles. The van der Waals surface area contributed by atoms with Gasteiger partial charge in [0.25, 0.3) is 0 Å². The summed E-state index contributed by atoms with van der Waals surface area (Å²) in [6.45, 7) is 4.99. The van der Waals surface area contributed by atoms with Gasteiger partial charge < -0.3 is 15.1 Å². The summed E-state index contributed by atoms with van der Waals surface area (Å²) in [5.41, 5.74) is 2.59. The molecule has 0 unspecified atom stereocenters. The Balaban J connectivity index is 1.02. The highest BCUT2D eigenvalue weighted by atomic mass is 32.2. The molecule has 1 N–H and O–H groups in total. The van der Waals surface area contributed by atoms with Crippen LogP contribution in [0.5, 0.6) is 0 Å². The van der Waals surface area contributed by atoms with Crippen LogP contribution in [-0.2, 0) is 20.0 Å². The van der Waals surface area contributed by atoms with Gasteiger partial charge in [0.1, 0.15) is 17.9 Å². The lowest BCUT2D eigenvalue weighted by Gasteiger charge is -2.56. The van der Waals surface area contributed by atoms with E-state index in [-0.39, 0.29) is 29.0 Å². The third-order valence-corrected chi connectivity index (χ3v) is 14.7. The maximum Gasteiger partial charge on any atom is 0.245 e. The van der Waals surface area contributed by atoms with Crippen molar-refractivity contribution in [2.75, 3.05) is 24.7 Å². The molecule has 1 aliphatic heterocycles. The van der Waals surface area contributed by atoms with Crippen molar-refractivity contribution in [3.63, 3.8) is 0 Å². The first-order valence-electron chi connectivity index (χ1n) is 18.0. The second kappa shape index (κ2) is 11.9. The SMILES string of the molecule is CC(C)N(C)[C@@H]1CC[C@H](N2CC[C@H](Nc3ncnn4cc(C56CC7CC(CC(C7)C5)C6)cc34)C2=O)[C@H](CS(=O)(=O)c2ccccc2)C1. The largest absolute Gasteiger partial charge is 0.356 e. The number of fused-ring (bicyclic) bond motifs is 1. The van der Waals surface area contributed by atoms with Crippen molar-refractivity contribution in [1.82, 2.24) is 24.4 Å². The Bertz CT molecular complexity index is 1700. The predicted molar refractivity (Wildman–Crippen MR) is 183 cm³/mol. The summed E-state index contributed by atoms with van der Waals surface area (Å²) in [7, 11) is -1.37. The topological polar surface area (TPSA) is 99.9 Å². The summed E-state index contributed by atoms with van der Waals surface area (Å²) >= 11 is 0. The summed E-state index contributed by atoms with van der Waals surface area (Å²) in [5, 5.41) is 8.11. The van der Waals surface area contributed by atoms with Gasteiger partial charge in [-0.3, -0.25) is 4.79 Å². The van der Waals surface area contributed by atoms with Crippen molar-refractivity contribution in [2.45, 2.75) is 113 Å². The molecule has 6 aliphatic rings. The van der Waals surface area contributed by atoms with Crippen LogP contribution in [0.2, 0.25) is 0 Å². The molecule has 1 amide bonds. The van der Waals surface area contributed by atoms with E-state index in [0.717, 1.165) is 42.5 Å². The number of sulfone groups is 1. The number of hydrogen-bond donors (Lipinski definition) is 1. The van der Waals surface area contributed by atoms with Crippen LogP contribution in [0.15, 0.2) is 53.8 Å². The molecular formula is C37H50N6O3S. The van der Waals surface area contributed by atoms with E-state index >= 15 is 0 Å². The van der Waals surface area contributed by atoms with Gasteiger partial charge in [0, 0.05) is 30.9 Å². The molecule has 9 nitrogen and oxygen atoms in total. The number of rotatable bonds is 9. The molecule has 252 valence electrons. The molecule has 9 rings (SSSR count).